The van der Waals surface area contributed by atoms with Gasteiger partial charge < -0.3 is 5.32 Å². The third-order valence-electron chi connectivity index (χ3n) is 4.61. The van der Waals surface area contributed by atoms with E-state index in [-0.39, 0.29) is 29.9 Å². The van der Waals surface area contributed by atoms with Crippen LogP contribution in [0.15, 0.2) is 70.5 Å². The molecule has 1 amide bonds. The highest BCUT2D eigenvalue weighted by Gasteiger charge is 2.13. The number of nitrogens with zero attached hydrogens (tertiary/aromatic N) is 5. The Bertz CT molecular complexity index is 1340. The lowest BCUT2D eigenvalue weighted by atomic mass is 10.1. The van der Waals surface area contributed by atoms with Crippen LogP contribution in [0.3, 0.4) is 0 Å². The normalized spacial score (nSPS) is 10.8. The van der Waals surface area contributed by atoms with Crippen molar-refractivity contribution in [2.24, 2.45) is 7.05 Å². The van der Waals surface area contributed by atoms with Gasteiger partial charge in [-0.1, -0.05) is 24.3 Å². The number of amides is 1. The summed E-state index contributed by atoms with van der Waals surface area (Å²) in [4.78, 5) is 40.9. The predicted molar refractivity (Wildman–Crippen MR) is 110 cm³/mol. The molecule has 0 aliphatic carbocycles. The van der Waals surface area contributed by atoms with Crippen molar-refractivity contribution in [3.05, 3.63) is 98.6 Å². The molecule has 30 heavy (non-hydrogen) atoms. The molecule has 0 unspecified atom stereocenters. The number of aryl methyl sites for hydroxylation is 1. The highest BCUT2D eigenvalue weighted by molar-refractivity contribution is 5.92. The zero-order valence-corrected chi connectivity index (χ0v) is 16.1. The van der Waals surface area contributed by atoms with Crippen LogP contribution in [0.1, 0.15) is 21.7 Å². The number of hydrogen-bond donors (Lipinski definition) is 1. The lowest BCUT2D eigenvalue weighted by Gasteiger charge is -2.12. The first kappa shape index (κ1) is 19.2. The van der Waals surface area contributed by atoms with E-state index in [1.165, 1.54) is 23.9 Å². The fourth-order valence-electron chi connectivity index (χ4n) is 3.09. The number of pyridine rings is 1. The van der Waals surface area contributed by atoms with Crippen molar-refractivity contribution in [3.63, 3.8) is 0 Å². The molecule has 9 heteroatoms. The number of hydrogen-bond acceptors (Lipinski definition) is 6. The van der Waals surface area contributed by atoms with Gasteiger partial charge in [0.15, 0.2) is 0 Å². The van der Waals surface area contributed by atoms with Crippen LogP contribution in [-0.2, 0) is 20.1 Å². The number of carbonyl (C=O) groups excluding carboxylic acids is 1. The largest absolute Gasteiger partial charge is 0.345 e. The van der Waals surface area contributed by atoms with Gasteiger partial charge in [-0.3, -0.25) is 19.4 Å². The summed E-state index contributed by atoms with van der Waals surface area (Å²) in [5.41, 5.74) is 0.982. The molecule has 0 radical (unpaired) electrons. The van der Waals surface area contributed by atoms with Gasteiger partial charge in [-0.15, -0.1) is 0 Å². The van der Waals surface area contributed by atoms with Crippen molar-refractivity contribution in [2.45, 2.75) is 13.1 Å². The minimum absolute atomic E-state index is 0.0944. The second-order valence-corrected chi connectivity index (χ2v) is 6.68. The van der Waals surface area contributed by atoms with Gasteiger partial charge in [0, 0.05) is 30.9 Å². The minimum atomic E-state index is -0.443. The molecule has 0 aliphatic rings. The SMILES string of the molecule is Cn1nc(C(=O)NCc2nn(Cc3cccnc3)c(=O)c3ccccc23)ccc1=O. The van der Waals surface area contributed by atoms with E-state index in [0.29, 0.717) is 16.5 Å². The summed E-state index contributed by atoms with van der Waals surface area (Å²) in [5.74, 6) is -0.443. The summed E-state index contributed by atoms with van der Waals surface area (Å²) in [7, 11) is 1.47. The standard InChI is InChI=1S/C21H18N6O3/c1-26-19(28)9-8-17(24-26)20(29)23-12-18-15-6-2-3-7-16(15)21(30)27(25-18)13-14-5-4-10-22-11-14/h2-11H,12-13H2,1H3,(H,23,29). The third kappa shape index (κ3) is 3.86. The van der Waals surface area contributed by atoms with E-state index in [9.17, 15) is 14.4 Å². The molecule has 0 fully saturated rings. The van der Waals surface area contributed by atoms with Gasteiger partial charge in [-0.05, 0) is 23.8 Å². The monoisotopic (exact) mass is 402 g/mol. The number of rotatable bonds is 5. The molecule has 0 aliphatic heterocycles. The topological polar surface area (TPSA) is 112 Å². The molecule has 4 aromatic rings. The van der Waals surface area contributed by atoms with Gasteiger partial charge >= 0.3 is 0 Å². The number of carbonyl (C=O) groups is 1. The smallest absolute Gasteiger partial charge is 0.274 e. The molecule has 4 rings (SSSR count). The molecule has 0 saturated heterocycles. The van der Waals surface area contributed by atoms with E-state index in [4.69, 9.17) is 0 Å². The first-order chi connectivity index (χ1) is 14.5. The van der Waals surface area contributed by atoms with Crippen LogP contribution in [0.4, 0.5) is 0 Å². The fourth-order valence-corrected chi connectivity index (χ4v) is 3.09. The van der Waals surface area contributed by atoms with Crippen molar-refractivity contribution in [1.29, 1.82) is 0 Å². The third-order valence-corrected chi connectivity index (χ3v) is 4.61. The molecule has 0 saturated carbocycles. The molecule has 3 heterocycles. The van der Waals surface area contributed by atoms with E-state index in [0.717, 1.165) is 10.2 Å². The van der Waals surface area contributed by atoms with E-state index < -0.39 is 5.91 Å². The molecular weight excluding hydrogens is 384 g/mol. The summed E-state index contributed by atoms with van der Waals surface area (Å²) in [6, 6.07) is 13.4. The van der Waals surface area contributed by atoms with Gasteiger partial charge in [0.05, 0.1) is 24.2 Å². The number of aromatic nitrogens is 5. The molecule has 150 valence electrons. The van der Waals surface area contributed by atoms with Crippen molar-refractivity contribution in [3.8, 4) is 0 Å². The van der Waals surface area contributed by atoms with Crippen LogP contribution in [-0.4, -0.2) is 30.5 Å². The summed E-state index contributed by atoms with van der Waals surface area (Å²) >= 11 is 0. The van der Waals surface area contributed by atoms with Crippen molar-refractivity contribution < 1.29 is 4.79 Å². The Labute approximate surface area is 170 Å². The molecule has 0 bridgehead atoms. The summed E-state index contributed by atoms with van der Waals surface area (Å²) in [5, 5.41) is 12.4. The van der Waals surface area contributed by atoms with Gasteiger partial charge in [-0.25, -0.2) is 9.36 Å². The summed E-state index contributed by atoms with van der Waals surface area (Å²) < 4.78 is 2.46. The Morgan fingerprint density at radius 2 is 1.80 bits per heavy atom. The highest BCUT2D eigenvalue weighted by Crippen LogP contribution is 2.14. The van der Waals surface area contributed by atoms with Crippen LogP contribution in [0.2, 0.25) is 0 Å². The quantitative estimate of drug-likeness (QED) is 0.530. The molecular formula is C21H18N6O3. The maximum atomic E-state index is 12.9. The highest BCUT2D eigenvalue weighted by atomic mass is 16.2. The molecule has 3 aromatic heterocycles. The van der Waals surface area contributed by atoms with Gasteiger partial charge in [0.25, 0.3) is 17.0 Å². The predicted octanol–water partition coefficient (Wildman–Crippen LogP) is 0.863. The Morgan fingerprint density at radius 3 is 2.53 bits per heavy atom. The van der Waals surface area contributed by atoms with Crippen LogP contribution in [0.25, 0.3) is 10.8 Å². The van der Waals surface area contributed by atoms with Gasteiger partial charge in [-0.2, -0.15) is 10.2 Å². The first-order valence-electron chi connectivity index (χ1n) is 9.23. The van der Waals surface area contributed by atoms with Crippen molar-refractivity contribution >= 4 is 16.7 Å². The fraction of sp³-hybridized carbons (Fsp3) is 0.143. The molecule has 0 spiro atoms. The van der Waals surface area contributed by atoms with Crippen LogP contribution in [0, 0.1) is 0 Å². The Balaban J connectivity index is 1.66. The average molecular weight is 402 g/mol. The van der Waals surface area contributed by atoms with Gasteiger partial charge in [0.2, 0.25) is 0 Å². The van der Waals surface area contributed by atoms with Gasteiger partial charge in [0.1, 0.15) is 5.69 Å². The zero-order chi connectivity index (χ0) is 21.1. The molecule has 1 aromatic carbocycles. The van der Waals surface area contributed by atoms with Crippen LogP contribution >= 0.6 is 0 Å². The maximum Gasteiger partial charge on any atom is 0.274 e. The van der Waals surface area contributed by atoms with E-state index in [2.05, 4.69) is 20.5 Å². The molecule has 0 atom stereocenters. The minimum Gasteiger partial charge on any atom is -0.345 e. The van der Waals surface area contributed by atoms with Crippen molar-refractivity contribution in [2.75, 3.05) is 0 Å². The Kier molecular flexibility index (Phi) is 5.17. The first-order valence-corrected chi connectivity index (χ1v) is 9.23. The zero-order valence-electron chi connectivity index (χ0n) is 16.1. The molecule has 9 nitrogen and oxygen atoms in total. The van der Waals surface area contributed by atoms with Crippen LogP contribution < -0.4 is 16.4 Å². The number of nitrogens with one attached hydrogen (secondary N) is 1. The number of benzene rings is 1. The van der Waals surface area contributed by atoms with Crippen molar-refractivity contribution in [1.82, 2.24) is 29.9 Å². The average Bonchev–Trinajstić information content (AvgIpc) is 2.77. The lowest BCUT2D eigenvalue weighted by Crippen LogP contribution is -2.30. The second kappa shape index (κ2) is 8.08. The summed E-state index contributed by atoms with van der Waals surface area (Å²) in [6.07, 6.45) is 3.34. The Hall–Kier alpha value is -4.14. The van der Waals surface area contributed by atoms with E-state index >= 15 is 0 Å². The maximum absolute atomic E-state index is 12.9. The van der Waals surface area contributed by atoms with Crippen LogP contribution in [0.5, 0.6) is 0 Å². The number of fused-ring (bicyclic) bond motifs is 1. The summed E-state index contributed by atoms with van der Waals surface area (Å²) in [6.45, 7) is 0.359. The molecule has 1 N–H and O–H groups in total. The Morgan fingerprint density at radius 1 is 1.00 bits per heavy atom. The second-order valence-electron chi connectivity index (χ2n) is 6.68. The lowest BCUT2D eigenvalue weighted by molar-refractivity contribution is 0.0943. The van der Waals surface area contributed by atoms with E-state index in [1.807, 2.05) is 12.1 Å². The van der Waals surface area contributed by atoms with E-state index in [1.54, 1.807) is 36.7 Å².